The number of carbonyl (C=O) groups is 1. The van der Waals surface area contributed by atoms with Crippen molar-refractivity contribution in [1.29, 1.82) is 0 Å². The number of carbonyl (C=O) groups excluding carboxylic acids is 1. The molecule has 0 aliphatic carbocycles. The lowest BCUT2D eigenvalue weighted by molar-refractivity contribution is -0.483. The van der Waals surface area contributed by atoms with E-state index in [0.717, 1.165) is 0 Å². The molecular formula is C19H18ClNO5. The summed E-state index contributed by atoms with van der Waals surface area (Å²) in [6.45, 7) is 1.72. The number of nitro groups is 1. The topological polar surface area (TPSA) is 78.7 Å². The van der Waals surface area contributed by atoms with Crippen LogP contribution >= 0.6 is 11.6 Å². The van der Waals surface area contributed by atoms with Crippen molar-refractivity contribution in [3.05, 3.63) is 68.7 Å². The molecule has 2 aromatic rings. The summed E-state index contributed by atoms with van der Waals surface area (Å²) in [4.78, 5) is 23.8. The molecule has 0 spiro atoms. The van der Waals surface area contributed by atoms with Crippen LogP contribution in [0.2, 0.25) is 5.02 Å². The van der Waals surface area contributed by atoms with Gasteiger partial charge in [0.1, 0.15) is 11.5 Å². The van der Waals surface area contributed by atoms with Crippen LogP contribution < -0.4 is 4.74 Å². The van der Waals surface area contributed by atoms with Crippen LogP contribution in [0, 0.1) is 10.1 Å². The summed E-state index contributed by atoms with van der Waals surface area (Å²) in [7, 11) is 0. The van der Waals surface area contributed by atoms with Crippen LogP contribution in [0.15, 0.2) is 42.5 Å². The summed E-state index contributed by atoms with van der Waals surface area (Å²) >= 11 is 6.13. The first kappa shape index (κ1) is 18.2. The normalized spacial score (nSPS) is 18.1. The maximum Gasteiger partial charge on any atom is 0.314 e. The van der Waals surface area contributed by atoms with Crippen molar-refractivity contribution in [2.75, 3.05) is 13.2 Å². The van der Waals surface area contributed by atoms with Gasteiger partial charge in [0.25, 0.3) is 0 Å². The van der Waals surface area contributed by atoms with E-state index < -0.39 is 29.3 Å². The monoisotopic (exact) mass is 375 g/mol. The second-order valence-corrected chi connectivity index (χ2v) is 6.53. The van der Waals surface area contributed by atoms with E-state index in [2.05, 4.69) is 0 Å². The van der Waals surface area contributed by atoms with Crippen molar-refractivity contribution < 1.29 is 19.2 Å². The highest BCUT2D eigenvalue weighted by Crippen LogP contribution is 2.47. The van der Waals surface area contributed by atoms with Gasteiger partial charge < -0.3 is 9.47 Å². The Kier molecular flexibility index (Phi) is 5.42. The summed E-state index contributed by atoms with van der Waals surface area (Å²) in [5.74, 6) is -1.16. The van der Waals surface area contributed by atoms with Gasteiger partial charge in [0.15, 0.2) is 0 Å². The first-order chi connectivity index (χ1) is 12.5. The van der Waals surface area contributed by atoms with Gasteiger partial charge in [-0.25, -0.2) is 0 Å². The van der Waals surface area contributed by atoms with Crippen molar-refractivity contribution >= 4 is 17.6 Å². The first-order valence-corrected chi connectivity index (χ1v) is 8.73. The average Bonchev–Trinajstić information content (AvgIpc) is 2.74. The Morgan fingerprint density at radius 1 is 1.23 bits per heavy atom. The minimum Gasteiger partial charge on any atom is -0.465 e. The molecule has 1 aliphatic rings. The molecule has 0 saturated heterocycles. The number of halogens is 1. The number of nitrogens with zero attached hydrogens (tertiary/aromatic N) is 1. The van der Waals surface area contributed by atoms with Gasteiger partial charge in [-0.05, 0) is 30.7 Å². The van der Waals surface area contributed by atoms with E-state index in [4.69, 9.17) is 21.1 Å². The highest BCUT2D eigenvalue weighted by molar-refractivity contribution is 6.30. The second kappa shape index (κ2) is 7.74. The standard InChI is InChI=1S/C19H18ClNO5/c1-2-9-25-19(22)18-14-10-12(20)7-8-17(14)26-16-6-4-3-5-13(16)15(18)11-21(23)24/h3-8,10,15,18H,2,9,11H2,1H3/t15-,18-/m1/s1. The molecule has 3 rings (SSSR count). The number of benzene rings is 2. The molecule has 0 radical (unpaired) electrons. The Bertz CT molecular complexity index is 838. The van der Waals surface area contributed by atoms with Crippen LogP contribution in [0.5, 0.6) is 11.5 Å². The van der Waals surface area contributed by atoms with E-state index in [0.29, 0.717) is 34.1 Å². The Balaban J connectivity index is 2.18. The molecule has 2 aromatic carbocycles. The summed E-state index contributed by atoms with van der Waals surface area (Å²) < 4.78 is 11.3. The molecule has 2 atom stereocenters. The molecule has 6 nitrogen and oxygen atoms in total. The minimum absolute atomic E-state index is 0.249. The molecule has 26 heavy (non-hydrogen) atoms. The van der Waals surface area contributed by atoms with Gasteiger partial charge in [-0.2, -0.15) is 0 Å². The predicted molar refractivity (Wildman–Crippen MR) is 96.6 cm³/mol. The van der Waals surface area contributed by atoms with Gasteiger partial charge in [0.05, 0.1) is 18.4 Å². The maximum atomic E-state index is 12.8. The van der Waals surface area contributed by atoms with E-state index in [1.807, 2.05) is 6.92 Å². The zero-order valence-electron chi connectivity index (χ0n) is 14.2. The Morgan fingerprint density at radius 3 is 2.69 bits per heavy atom. The average molecular weight is 376 g/mol. The lowest BCUT2D eigenvalue weighted by Crippen LogP contribution is -2.27. The number of hydrogen-bond acceptors (Lipinski definition) is 5. The third-order valence-corrected chi connectivity index (χ3v) is 4.53. The Hall–Kier alpha value is -2.60. The number of para-hydroxylation sites is 1. The molecule has 136 valence electrons. The van der Waals surface area contributed by atoms with Gasteiger partial charge in [0.2, 0.25) is 6.54 Å². The molecule has 1 heterocycles. The summed E-state index contributed by atoms with van der Waals surface area (Å²) in [6, 6.07) is 12.0. The van der Waals surface area contributed by atoms with Gasteiger partial charge in [-0.15, -0.1) is 0 Å². The van der Waals surface area contributed by atoms with Gasteiger partial charge in [-0.1, -0.05) is 36.7 Å². The predicted octanol–water partition coefficient (Wildman–Crippen LogP) is 4.54. The lowest BCUT2D eigenvalue weighted by atomic mass is 9.81. The number of ether oxygens (including phenoxy) is 2. The van der Waals surface area contributed by atoms with E-state index in [9.17, 15) is 14.9 Å². The maximum absolute atomic E-state index is 12.8. The minimum atomic E-state index is -0.871. The zero-order chi connectivity index (χ0) is 18.7. The number of esters is 1. The van der Waals surface area contributed by atoms with Crippen molar-refractivity contribution in [3.8, 4) is 11.5 Å². The first-order valence-electron chi connectivity index (χ1n) is 8.36. The number of hydrogen-bond donors (Lipinski definition) is 0. The third kappa shape index (κ3) is 3.65. The second-order valence-electron chi connectivity index (χ2n) is 6.09. The lowest BCUT2D eigenvalue weighted by Gasteiger charge is -2.22. The fraction of sp³-hybridized carbons (Fsp3) is 0.316. The molecule has 0 saturated carbocycles. The van der Waals surface area contributed by atoms with E-state index in [1.54, 1.807) is 42.5 Å². The van der Waals surface area contributed by atoms with Gasteiger partial charge in [-0.3, -0.25) is 14.9 Å². The molecule has 0 unspecified atom stereocenters. The molecule has 7 heteroatoms. The molecule has 0 fully saturated rings. The zero-order valence-corrected chi connectivity index (χ0v) is 14.9. The number of fused-ring (bicyclic) bond motifs is 2. The van der Waals surface area contributed by atoms with Crippen LogP contribution in [0.1, 0.15) is 36.3 Å². The smallest absolute Gasteiger partial charge is 0.314 e. The van der Waals surface area contributed by atoms with Crippen molar-refractivity contribution in [3.63, 3.8) is 0 Å². The van der Waals surface area contributed by atoms with Crippen molar-refractivity contribution in [2.24, 2.45) is 0 Å². The van der Waals surface area contributed by atoms with Crippen LogP contribution in [-0.2, 0) is 9.53 Å². The fourth-order valence-electron chi connectivity index (χ4n) is 3.20. The number of rotatable bonds is 5. The Labute approximate surface area is 155 Å². The summed E-state index contributed by atoms with van der Waals surface area (Å²) in [5.41, 5.74) is 1.11. The third-order valence-electron chi connectivity index (χ3n) is 4.30. The molecule has 1 aliphatic heterocycles. The Morgan fingerprint density at radius 2 is 1.96 bits per heavy atom. The molecule has 0 N–H and O–H groups in total. The highest BCUT2D eigenvalue weighted by atomic mass is 35.5. The largest absolute Gasteiger partial charge is 0.465 e. The van der Waals surface area contributed by atoms with E-state index in [1.165, 1.54) is 0 Å². The van der Waals surface area contributed by atoms with Crippen molar-refractivity contribution in [1.82, 2.24) is 0 Å². The van der Waals surface area contributed by atoms with Crippen molar-refractivity contribution in [2.45, 2.75) is 25.2 Å². The van der Waals surface area contributed by atoms with Crippen LogP contribution in [0.4, 0.5) is 0 Å². The van der Waals surface area contributed by atoms with Crippen LogP contribution in [0.25, 0.3) is 0 Å². The fourth-order valence-corrected chi connectivity index (χ4v) is 3.38. The molecule has 0 aromatic heterocycles. The van der Waals surface area contributed by atoms with E-state index in [-0.39, 0.29) is 6.61 Å². The quantitative estimate of drug-likeness (QED) is 0.435. The van der Waals surface area contributed by atoms with Gasteiger partial charge in [0, 0.05) is 21.1 Å². The van der Waals surface area contributed by atoms with Crippen LogP contribution in [0.3, 0.4) is 0 Å². The molecule has 0 bridgehead atoms. The van der Waals surface area contributed by atoms with Crippen LogP contribution in [-0.4, -0.2) is 24.0 Å². The highest BCUT2D eigenvalue weighted by Gasteiger charge is 2.41. The SMILES string of the molecule is CCCOC(=O)[C@@H]1c2cc(Cl)ccc2Oc2ccccc2[C@H]1C[N+](=O)[O-]. The molecular weight excluding hydrogens is 358 g/mol. The van der Waals surface area contributed by atoms with E-state index >= 15 is 0 Å². The van der Waals surface area contributed by atoms with Gasteiger partial charge >= 0.3 is 5.97 Å². The summed E-state index contributed by atoms with van der Waals surface area (Å²) in [6.07, 6.45) is 0.661. The molecule has 0 amide bonds. The summed E-state index contributed by atoms with van der Waals surface area (Å²) in [5, 5.41) is 11.8.